The summed E-state index contributed by atoms with van der Waals surface area (Å²) in [6, 6.07) is 12.5. The summed E-state index contributed by atoms with van der Waals surface area (Å²) in [6.45, 7) is 15.8. The molecule has 0 atom stereocenters. The van der Waals surface area contributed by atoms with Gasteiger partial charge in [0.15, 0.2) is 0 Å². The molecule has 2 aromatic carbocycles. The van der Waals surface area contributed by atoms with Crippen LogP contribution in [0.2, 0.25) is 0 Å². The molecule has 7 heteroatoms. The Labute approximate surface area is 258 Å². The molecule has 7 rings (SSSR count). The van der Waals surface area contributed by atoms with Gasteiger partial charge in [0.05, 0.1) is 11.1 Å². The number of fused-ring (bicyclic) bond motifs is 3. The minimum atomic E-state index is -0.242. The summed E-state index contributed by atoms with van der Waals surface area (Å²) in [5.41, 5.74) is 7.89. The van der Waals surface area contributed by atoms with Crippen LogP contribution in [-0.2, 0) is 4.79 Å². The van der Waals surface area contributed by atoms with Crippen LogP contribution in [0.4, 0.5) is 0 Å². The number of hydrogen-bond acceptors (Lipinski definition) is 6. The second-order valence-electron chi connectivity index (χ2n) is 13.3. The molecule has 0 radical (unpaired) electrons. The van der Waals surface area contributed by atoms with E-state index >= 15 is 0 Å². The molecular weight excluding hydrogens is 536 g/mol. The predicted molar refractivity (Wildman–Crippen MR) is 173 cm³/mol. The molecule has 5 aliphatic rings. The first kappa shape index (κ1) is 30.1. The Morgan fingerprint density at radius 1 is 0.744 bits per heavy atom. The summed E-state index contributed by atoms with van der Waals surface area (Å²) in [4.78, 5) is 18.6. The second kappa shape index (κ2) is 13.0. The van der Waals surface area contributed by atoms with Crippen LogP contribution in [-0.4, -0.2) is 73.9 Å². The highest BCUT2D eigenvalue weighted by Crippen LogP contribution is 2.60. The predicted octanol–water partition coefficient (Wildman–Crippen LogP) is 6.19. The van der Waals surface area contributed by atoms with Crippen LogP contribution >= 0.6 is 0 Å². The maximum atomic E-state index is 13.9. The van der Waals surface area contributed by atoms with Gasteiger partial charge in [0.25, 0.3) is 0 Å². The summed E-state index contributed by atoms with van der Waals surface area (Å²) in [5.74, 6) is 3.91. The first-order chi connectivity index (χ1) is 20.9. The van der Waals surface area contributed by atoms with Gasteiger partial charge in [-0.25, -0.2) is 5.43 Å². The number of ether oxygens (including phenoxy) is 2. The standard InChI is InChI=1S/C36H50N4O3/c1-5-39(6-2)13-15-42-28-9-11-30-31-12-10-29(43-16-14-40(7-3)8-4)21-33(31)34(32(30)20-28)37-38-35(41)36-22-25-17-26(23-36)19-27(18-25)24-36/h9-12,20-21,25-27H,5-8,13-19,22-24H2,1-4H3,(H,38,41). The minimum absolute atomic E-state index is 0.118. The number of nitrogens with one attached hydrogen (secondary N) is 1. The zero-order chi connectivity index (χ0) is 30.0. The van der Waals surface area contributed by atoms with Crippen LogP contribution in [0.5, 0.6) is 11.5 Å². The third-order valence-electron chi connectivity index (χ3n) is 10.7. The first-order valence-electron chi connectivity index (χ1n) is 16.8. The zero-order valence-electron chi connectivity index (χ0n) is 26.7. The lowest BCUT2D eigenvalue weighted by molar-refractivity contribution is -0.146. The van der Waals surface area contributed by atoms with Gasteiger partial charge in [-0.3, -0.25) is 4.79 Å². The van der Waals surface area contributed by atoms with Gasteiger partial charge in [-0.15, -0.1) is 0 Å². The summed E-state index contributed by atoms with van der Waals surface area (Å²) in [5, 5.41) is 4.90. The molecule has 0 unspecified atom stereocenters. The minimum Gasteiger partial charge on any atom is -0.492 e. The number of hydrazone groups is 1. The van der Waals surface area contributed by atoms with E-state index in [0.29, 0.717) is 31.0 Å². The molecule has 5 aliphatic carbocycles. The molecule has 0 spiro atoms. The van der Waals surface area contributed by atoms with Gasteiger partial charge in [0, 0.05) is 24.2 Å². The van der Waals surface area contributed by atoms with Gasteiger partial charge in [-0.1, -0.05) is 27.7 Å². The van der Waals surface area contributed by atoms with E-state index in [-0.39, 0.29) is 11.3 Å². The molecule has 232 valence electrons. The van der Waals surface area contributed by atoms with Gasteiger partial charge in [-0.05, 0) is 130 Å². The van der Waals surface area contributed by atoms with Crippen LogP contribution < -0.4 is 14.9 Å². The van der Waals surface area contributed by atoms with Crippen molar-refractivity contribution in [2.24, 2.45) is 28.3 Å². The monoisotopic (exact) mass is 586 g/mol. The normalized spacial score (nSPS) is 24.8. The molecule has 1 N–H and O–H groups in total. The van der Waals surface area contributed by atoms with Crippen molar-refractivity contribution in [3.05, 3.63) is 47.5 Å². The second-order valence-corrected chi connectivity index (χ2v) is 13.3. The number of carbonyl (C=O) groups excluding carboxylic acids is 1. The van der Waals surface area contributed by atoms with Crippen molar-refractivity contribution in [1.29, 1.82) is 0 Å². The zero-order valence-corrected chi connectivity index (χ0v) is 26.7. The number of rotatable bonds is 14. The van der Waals surface area contributed by atoms with Crippen LogP contribution in [0, 0.1) is 23.2 Å². The quantitative estimate of drug-likeness (QED) is 0.228. The largest absolute Gasteiger partial charge is 0.492 e. The Morgan fingerprint density at radius 3 is 1.60 bits per heavy atom. The molecular formula is C36H50N4O3. The van der Waals surface area contributed by atoms with Crippen molar-refractivity contribution >= 4 is 11.6 Å². The third-order valence-corrected chi connectivity index (χ3v) is 10.7. The molecule has 43 heavy (non-hydrogen) atoms. The Kier molecular flexibility index (Phi) is 9.11. The third kappa shape index (κ3) is 6.21. The van der Waals surface area contributed by atoms with E-state index < -0.39 is 0 Å². The molecule has 7 nitrogen and oxygen atoms in total. The van der Waals surface area contributed by atoms with E-state index in [1.165, 1.54) is 19.3 Å². The fourth-order valence-electron chi connectivity index (χ4n) is 8.63. The van der Waals surface area contributed by atoms with E-state index in [9.17, 15) is 4.79 Å². The Morgan fingerprint density at radius 2 is 1.19 bits per heavy atom. The number of nitrogens with zero attached hydrogens (tertiary/aromatic N) is 3. The van der Waals surface area contributed by atoms with Crippen molar-refractivity contribution < 1.29 is 14.3 Å². The van der Waals surface area contributed by atoms with Crippen molar-refractivity contribution in [3.63, 3.8) is 0 Å². The highest BCUT2D eigenvalue weighted by molar-refractivity contribution is 6.25. The molecule has 0 aliphatic heterocycles. The van der Waals surface area contributed by atoms with Crippen LogP contribution in [0.25, 0.3) is 11.1 Å². The molecule has 0 saturated heterocycles. The van der Waals surface area contributed by atoms with Crippen LogP contribution in [0.3, 0.4) is 0 Å². The maximum absolute atomic E-state index is 13.9. The van der Waals surface area contributed by atoms with E-state index in [2.05, 4.69) is 79.3 Å². The summed E-state index contributed by atoms with van der Waals surface area (Å²) >= 11 is 0. The summed E-state index contributed by atoms with van der Waals surface area (Å²) < 4.78 is 12.4. The Bertz CT molecular complexity index is 1220. The van der Waals surface area contributed by atoms with Crippen LogP contribution in [0.1, 0.15) is 77.3 Å². The number of likely N-dealkylation sites (N-methyl/N-ethyl adjacent to an activating group) is 2. The van der Waals surface area contributed by atoms with E-state index in [4.69, 9.17) is 14.6 Å². The first-order valence-corrected chi connectivity index (χ1v) is 16.8. The van der Waals surface area contributed by atoms with E-state index in [0.717, 1.165) is 98.0 Å². The lowest BCUT2D eigenvalue weighted by atomic mass is 9.49. The molecule has 4 saturated carbocycles. The fraction of sp³-hybridized carbons (Fsp3) is 0.611. The lowest BCUT2D eigenvalue weighted by Gasteiger charge is -2.55. The lowest BCUT2D eigenvalue weighted by Crippen LogP contribution is -2.52. The van der Waals surface area contributed by atoms with Crippen molar-refractivity contribution in [2.45, 2.75) is 66.2 Å². The smallest absolute Gasteiger partial charge is 0.246 e. The Balaban J connectivity index is 1.25. The topological polar surface area (TPSA) is 66.4 Å². The van der Waals surface area contributed by atoms with Crippen molar-refractivity contribution in [1.82, 2.24) is 15.2 Å². The fourth-order valence-corrected chi connectivity index (χ4v) is 8.63. The van der Waals surface area contributed by atoms with Crippen molar-refractivity contribution in [3.8, 4) is 22.6 Å². The average Bonchev–Trinajstić information content (AvgIpc) is 3.31. The molecule has 0 heterocycles. The molecule has 4 bridgehead atoms. The van der Waals surface area contributed by atoms with Gasteiger partial charge < -0.3 is 19.3 Å². The molecule has 2 aromatic rings. The molecule has 4 fully saturated rings. The number of amides is 1. The Hall–Kier alpha value is -2.90. The van der Waals surface area contributed by atoms with E-state index in [1.54, 1.807) is 0 Å². The highest BCUT2D eigenvalue weighted by atomic mass is 16.5. The van der Waals surface area contributed by atoms with Crippen molar-refractivity contribution in [2.75, 3.05) is 52.5 Å². The van der Waals surface area contributed by atoms with Gasteiger partial charge in [0.1, 0.15) is 24.7 Å². The van der Waals surface area contributed by atoms with Crippen LogP contribution in [0.15, 0.2) is 41.5 Å². The van der Waals surface area contributed by atoms with Gasteiger partial charge in [-0.2, -0.15) is 5.10 Å². The van der Waals surface area contributed by atoms with Gasteiger partial charge >= 0.3 is 0 Å². The summed E-state index contributed by atoms with van der Waals surface area (Å²) in [6.07, 6.45) is 7.02. The number of hydrogen-bond donors (Lipinski definition) is 1. The molecule has 0 aromatic heterocycles. The summed E-state index contributed by atoms with van der Waals surface area (Å²) in [7, 11) is 0. The van der Waals surface area contributed by atoms with Gasteiger partial charge in [0.2, 0.25) is 5.91 Å². The highest BCUT2D eigenvalue weighted by Gasteiger charge is 2.54. The average molecular weight is 587 g/mol. The molecule has 1 amide bonds. The number of carbonyl (C=O) groups is 1. The SMILES string of the molecule is CCN(CC)CCOc1ccc2c(c1)C(=NNC(=O)C13CC4CC(CC(C4)C1)C3)c1cc(OCCN(CC)CC)ccc1-2. The maximum Gasteiger partial charge on any atom is 0.246 e. The van der Waals surface area contributed by atoms with E-state index in [1.807, 2.05) is 0 Å². The number of benzene rings is 2.